The van der Waals surface area contributed by atoms with E-state index in [1.165, 1.54) is 11.8 Å². The number of amides is 1. The Bertz CT molecular complexity index is 1530. The zero-order chi connectivity index (χ0) is 26.8. The zero-order valence-corrected chi connectivity index (χ0v) is 24.0. The number of carbonyl (C=O) groups excluding carboxylic acids is 1. The van der Waals surface area contributed by atoms with Gasteiger partial charge in [-0.2, -0.15) is 4.98 Å². The fraction of sp³-hybridized carbons (Fsp3) is 0.207. The van der Waals surface area contributed by atoms with Crippen LogP contribution in [0, 0.1) is 13.8 Å². The number of anilines is 2. The summed E-state index contributed by atoms with van der Waals surface area (Å²) >= 11 is 9.54. The van der Waals surface area contributed by atoms with E-state index < -0.39 is 6.04 Å². The minimum atomic E-state index is -0.435. The van der Waals surface area contributed by atoms with Crippen molar-refractivity contribution in [3.8, 4) is 0 Å². The molecular formula is C29H28ClN5OS2. The average molecular weight is 562 g/mol. The van der Waals surface area contributed by atoms with Crippen LogP contribution in [0.4, 0.5) is 11.6 Å². The van der Waals surface area contributed by atoms with E-state index in [1.807, 2.05) is 68.1 Å². The maximum absolute atomic E-state index is 13.8. The average Bonchev–Trinajstić information content (AvgIpc) is 3.31. The van der Waals surface area contributed by atoms with Crippen molar-refractivity contribution in [1.29, 1.82) is 0 Å². The van der Waals surface area contributed by atoms with Gasteiger partial charge in [0.05, 0.1) is 5.57 Å². The van der Waals surface area contributed by atoms with Crippen molar-refractivity contribution in [3.63, 3.8) is 0 Å². The summed E-state index contributed by atoms with van der Waals surface area (Å²) in [5.74, 6) is 1.07. The van der Waals surface area contributed by atoms with Crippen LogP contribution in [-0.2, 0) is 10.5 Å². The van der Waals surface area contributed by atoms with Gasteiger partial charge in [-0.3, -0.25) is 4.79 Å². The van der Waals surface area contributed by atoms with Gasteiger partial charge >= 0.3 is 0 Å². The number of carbonyl (C=O) groups is 1. The summed E-state index contributed by atoms with van der Waals surface area (Å²) in [5, 5.41) is 12.6. The van der Waals surface area contributed by atoms with E-state index in [-0.39, 0.29) is 5.91 Å². The molecule has 0 saturated heterocycles. The predicted molar refractivity (Wildman–Crippen MR) is 158 cm³/mol. The van der Waals surface area contributed by atoms with Gasteiger partial charge in [-0.15, -0.1) is 16.9 Å². The Morgan fingerprint density at radius 3 is 2.55 bits per heavy atom. The number of hydrogen-bond acceptors (Lipinski definition) is 6. The van der Waals surface area contributed by atoms with E-state index in [0.717, 1.165) is 43.6 Å². The molecule has 9 heteroatoms. The Morgan fingerprint density at radius 1 is 1.08 bits per heavy atom. The Balaban J connectivity index is 1.50. The Morgan fingerprint density at radius 2 is 1.84 bits per heavy atom. The molecule has 1 atom stereocenters. The van der Waals surface area contributed by atoms with Crippen molar-refractivity contribution < 1.29 is 4.79 Å². The number of hydrogen-bond donors (Lipinski definition) is 2. The van der Waals surface area contributed by atoms with Gasteiger partial charge in [0.2, 0.25) is 11.1 Å². The van der Waals surface area contributed by atoms with Gasteiger partial charge in [-0.1, -0.05) is 71.4 Å². The monoisotopic (exact) mass is 561 g/mol. The third kappa shape index (κ3) is 5.48. The van der Waals surface area contributed by atoms with Crippen LogP contribution in [0.3, 0.4) is 0 Å². The van der Waals surface area contributed by atoms with Gasteiger partial charge in [0.25, 0.3) is 5.91 Å². The number of aromatic nitrogens is 3. The topological polar surface area (TPSA) is 71.8 Å². The molecule has 0 bridgehead atoms. The van der Waals surface area contributed by atoms with Crippen LogP contribution in [0.15, 0.2) is 88.1 Å². The summed E-state index contributed by atoms with van der Waals surface area (Å²) in [7, 11) is 0. The largest absolute Gasteiger partial charge is 0.328 e. The maximum atomic E-state index is 13.8. The maximum Gasteiger partial charge on any atom is 0.255 e. The highest BCUT2D eigenvalue weighted by Crippen LogP contribution is 2.38. The first kappa shape index (κ1) is 26.4. The Hall–Kier alpha value is -3.20. The number of rotatable bonds is 7. The first-order valence-corrected chi connectivity index (χ1v) is 14.8. The molecule has 38 heavy (non-hydrogen) atoms. The van der Waals surface area contributed by atoms with E-state index in [4.69, 9.17) is 21.7 Å². The van der Waals surface area contributed by atoms with Crippen LogP contribution in [0.1, 0.15) is 35.2 Å². The summed E-state index contributed by atoms with van der Waals surface area (Å²) < 4.78 is 1.81. The first-order chi connectivity index (χ1) is 18.3. The standard InChI is InChI=1S/C29H28ClN5OS2/c1-17-9-14-24(18(2)15-17)32-27(36)25-19(3)31-28-33-29(38-16-21-7-5-6-8-23(21)30)34-35(28)26(25)20-10-12-22(37-4)13-11-20/h5-15,26H,16H2,1-4H3,(H,32,36)(H,31,33,34)/t26-/m1/s1. The molecule has 6 nitrogen and oxygen atoms in total. The summed E-state index contributed by atoms with van der Waals surface area (Å²) in [6.07, 6.45) is 2.05. The molecular weight excluding hydrogens is 534 g/mol. The highest BCUT2D eigenvalue weighted by Gasteiger charge is 2.34. The molecule has 1 amide bonds. The van der Waals surface area contributed by atoms with Crippen LogP contribution < -0.4 is 10.6 Å². The second-order valence-electron chi connectivity index (χ2n) is 9.15. The van der Waals surface area contributed by atoms with E-state index in [2.05, 4.69) is 41.0 Å². The lowest BCUT2D eigenvalue weighted by Crippen LogP contribution is -2.31. The van der Waals surface area contributed by atoms with Gasteiger partial charge < -0.3 is 10.6 Å². The van der Waals surface area contributed by atoms with Crippen molar-refractivity contribution in [1.82, 2.24) is 14.8 Å². The molecule has 4 aromatic rings. The van der Waals surface area contributed by atoms with Crippen molar-refractivity contribution in [2.75, 3.05) is 16.9 Å². The summed E-state index contributed by atoms with van der Waals surface area (Å²) in [6, 6.07) is 21.6. The van der Waals surface area contributed by atoms with Crippen molar-refractivity contribution in [2.24, 2.45) is 0 Å². The second kappa shape index (κ2) is 11.3. The van der Waals surface area contributed by atoms with E-state index in [0.29, 0.717) is 22.4 Å². The fourth-order valence-electron chi connectivity index (χ4n) is 4.48. The number of aryl methyl sites for hydroxylation is 2. The molecule has 0 aliphatic carbocycles. The SMILES string of the molecule is CSc1ccc([C@@H]2C(C(=O)Nc3ccc(C)cc3C)=C(C)Nc3nc(SCc4ccccc4Cl)nn32)cc1. The van der Waals surface area contributed by atoms with Gasteiger partial charge in [0.1, 0.15) is 6.04 Å². The molecule has 0 radical (unpaired) electrons. The molecule has 1 aliphatic heterocycles. The Kier molecular flexibility index (Phi) is 7.83. The highest BCUT2D eigenvalue weighted by atomic mass is 35.5. The van der Waals surface area contributed by atoms with E-state index in [9.17, 15) is 4.79 Å². The molecule has 0 spiro atoms. The molecule has 0 unspecified atom stereocenters. The number of thioether (sulfide) groups is 2. The molecule has 5 rings (SSSR count). The number of allylic oxidation sites excluding steroid dienone is 1. The lowest BCUT2D eigenvalue weighted by molar-refractivity contribution is -0.113. The smallest absolute Gasteiger partial charge is 0.255 e. The van der Waals surface area contributed by atoms with Crippen LogP contribution >= 0.6 is 35.1 Å². The van der Waals surface area contributed by atoms with Crippen molar-refractivity contribution >= 4 is 52.7 Å². The normalized spacial score (nSPS) is 14.7. The van der Waals surface area contributed by atoms with E-state index >= 15 is 0 Å². The van der Waals surface area contributed by atoms with Crippen LogP contribution in [-0.4, -0.2) is 26.9 Å². The summed E-state index contributed by atoms with van der Waals surface area (Å²) in [4.78, 5) is 19.7. The molecule has 3 aromatic carbocycles. The van der Waals surface area contributed by atoms with Crippen LogP contribution in [0.5, 0.6) is 0 Å². The van der Waals surface area contributed by atoms with Crippen molar-refractivity contribution in [3.05, 3.63) is 105 Å². The summed E-state index contributed by atoms with van der Waals surface area (Å²) in [6.45, 7) is 5.95. The summed E-state index contributed by atoms with van der Waals surface area (Å²) in [5.41, 5.74) is 6.28. The Labute approximate surface area is 236 Å². The third-order valence-electron chi connectivity index (χ3n) is 6.45. The molecule has 2 N–H and O–H groups in total. The number of fused-ring (bicyclic) bond motifs is 1. The van der Waals surface area contributed by atoms with Gasteiger partial charge in [0.15, 0.2) is 0 Å². The molecule has 1 aliphatic rings. The quantitative estimate of drug-likeness (QED) is 0.228. The van der Waals surface area contributed by atoms with Gasteiger partial charge in [-0.25, -0.2) is 4.68 Å². The van der Waals surface area contributed by atoms with Crippen LogP contribution in [0.25, 0.3) is 0 Å². The number of nitrogens with zero attached hydrogens (tertiary/aromatic N) is 3. The molecule has 1 aromatic heterocycles. The minimum absolute atomic E-state index is 0.174. The predicted octanol–water partition coefficient (Wildman–Crippen LogP) is 7.49. The number of nitrogens with one attached hydrogen (secondary N) is 2. The minimum Gasteiger partial charge on any atom is -0.328 e. The fourth-order valence-corrected chi connectivity index (χ4v) is 6.01. The number of benzene rings is 3. The molecule has 0 fully saturated rings. The second-order valence-corrected chi connectivity index (χ2v) is 11.4. The number of halogens is 1. The van der Waals surface area contributed by atoms with Crippen molar-refractivity contribution in [2.45, 2.75) is 42.6 Å². The lowest BCUT2D eigenvalue weighted by Gasteiger charge is -2.29. The third-order valence-corrected chi connectivity index (χ3v) is 8.45. The highest BCUT2D eigenvalue weighted by molar-refractivity contribution is 7.98. The molecule has 194 valence electrons. The molecule has 0 saturated carbocycles. The molecule has 2 heterocycles. The van der Waals surface area contributed by atoms with Gasteiger partial charge in [-0.05, 0) is 68.0 Å². The zero-order valence-electron chi connectivity index (χ0n) is 21.6. The van der Waals surface area contributed by atoms with Crippen LogP contribution in [0.2, 0.25) is 5.02 Å². The lowest BCUT2D eigenvalue weighted by atomic mass is 9.95. The van der Waals surface area contributed by atoms with Gasteiger partial charge in [0, 0.05) is 27.1 Å². The van der Waals surface area contributed by atoms with E-state index in [1.54, 1.807) is 11.8 Å². The first-order valence-electron chi connectivity index (χ1n) is 12.2.